The van der Waals surface area contributed by atoms with Crippen molar-refractivity contribution in [3.63, 3.8) is 0 Å². The molecule has 0 fully saturated rings. The second kappa shape index (κ2) is 9.92. The normalized spacial score (nSPS) is 10.4. The predicted octanol–water partition coefficient (Wildman–Crippen LogP) is 3.04. The van der Waals surface area contributed by atoms with Crippen molar-refractivity contribution in [1.82, 2.24) is 0 Å². The summed E-state index contributed by atoms with van der Waals surface area (Å²) in [7, 11) is 0. The monoisotopic (exact) mass is 159 g/mol. The zero-order valence-corrected chi connectivity index (χ0v) is 7.38. The third kappa shape index (κ3) is 9.92. The van der Waals surface area contributed by atoms with Crippen molar-refractivity contribution in [3.8, 4) is 0 Å². The summed E-state index contributed by atoms with van der Waals surface area (Å²) in [6, 6.07) is 0. The van der Waals surface area contributed by atoms with E-state index in [0.29, 0.717) is 6.61 Å². The number of hydrogen-bond acceptors (Lipinski definition) is 2. The molecule has 0 rings (SSSR count). The van der Waals surface area contributed by atoms with Crippen LogP contribution in [0.3, 0.4) is 0 Å². The van der Waals surface area contributed by atoms with Gasteiger partial charge in [0, 0.05) is 0 Å². The lowest BCUT2D eigenvalue weighted by Crippen LogP contribution is -1.89. The largest absolute Gasteiger partial charge is 0.252 e. The van der Waals surface area contributed by atoms with Gasteiger partial charge in [0.15, 0.2) is 0 Å². The zero-order chi connectivity index (χ0) is 8.36. The Kier molecular flexibility index (Phi) is 9.85. The van der Waals surface area contributed by atoms with Gasteiger partial charge in [0.2, 0.25) is 0 Å². The topological polar surface area (TPSA) is 29.5 Å². The lowest BCUT2D eigenvalue weighted by molar-refractivity contribution is -0.242. The molecule has 11 heavy (non-hydrogen) atoms. The van der Waals surface area contributed by atoms with Crippen molar-refractivity contribution in [3.05, 3.63) is 6.42 Å². The van der Waals surface area contributed by atoms with Crippen LogP contribution in [0.15, 0.2) is 0 Å². The van der Waals surface area contributed by atoms with Gasteiger partial charge in [0.1, 0.15) is 0 Å². The molecule has 0 aliphatic rings. The van der Waals surface area contributed by atoms with Gasteiger partial charge < -0.3 is 0 Å². The molecule has 0 aliphatic carbocycles. The van der Waals surface area contributed by atoms with Crippen LogP contribution in [0.1, 0.15) is 45.4 Å². The van der Waals surface area contributed by atoms with Gasteiger partial charge in [-0.1, -0.05) is 32.6 Å². The van der Waals surface area contributed by atoms with E-state index in [1.165, 1.54) is 25.7 Å². The summed E-state index contributed by atoms with van der Waals surface area (Å²) in [4.78, 5) is 3.95. The highest BCUT2D eigenvalue weighted by Gasteiger charge is 1.90. The van der Waals surface area contributed by atoms with Gasteiger partial charge in [0.05, 0.1) is 6.61 Å². The van der Waals surface area contributed by atoms with Gasteiger partial charge in [-0.2, -0.15) is 0 Å². The Bertz CT molecular complexity index is 56.6. The molecular weight excluding hydrogens is 140 g/mol. The zero-order valence-electron chi connectivity index (χ0n) is 7.38. The maximum Gasteiger partial charge on any atom is 0.0819 e. The first kappa shape index (κ1) is 10.9. The Morgan fingerprint density at radius 2 is 1.91 bits per heavy atom. The van der Waals surface area contributed by atoms with E-state index >= 15 is 0 Å². The Morgan fingerprint density at radius 3 is 2.55 bits per heavy atom. The summed E-state index contributed by atoms with van der Waals surface area (Å²) in [5, 5.41) is 7.99. The molecule has 0 bridgehead atoms. The smallest absolute Gasteiger partial charge is 0.0819 e. The summed E-state index contributed by atoms with van der Waals surface area (Å²) in [6.07, 6.45) is 9.39. The predicted molar refractivity (Wildman–Crippen MR) is 46.3 cm³/mol. The third-order valence-electron chi connectivity index (χ3n) is 1.66. The fourth-order valence-corrected chi connectivity index (χ4v) is 0.975. The van der Waals surface area contributed by atoms with Crippen molar-refractivity contribution in [2.24, 2.45) is 0 Å². The quantitative estimate of drug-likeness (QED) is 0.335. The average molecular weight is 159 g/mol. The number of rotatable bonds is 8. The van der Waals surface area contributed by atoms with Crippen LogP contribution in [0.25, 0.3) is 0 Å². The highest BCUT2D eigenvalue weighted by atomic mass is 17.1. The molecule has 0 unspecified atom stereocenters. The molecule has 0 atom stereocenters. The Labute approximate surface area is 69.5 Å². The maximum atomic E-state index is 7.99. The lowest BCUT2D eigenvalue weighted by Gasteiger charge is -1.98. The van der Waals surface area contributed by atoms with Crippen LogP contribution in [0.4, 0.5) is 0 Å². The van der Waals surface area contributed by atoms with Crippen LogP contribution in [0.2, 0.25) is 0 Å². The molecule has 0 amide bonds. The van der Waals surface area contributed by atoms with Crippen molar-refractivity contribution < 1.29 is 10.1 Å². The van der Waals surface area contributed by atoms with E-state index in [-0.39, 0.29) is 0 Å². The van der Waals surface area contributed by atoms with E-state index in [4.69, 9.17) is 5.26 Å². The van der Waals surface area contributed by atoms with E-state index < -0.39 is 0 Å². The number of hydrogen-bond donors (Lipinski definition) is 1. The van der Waals surface area contributed by atoms with Crippen LogP contribution in [-0.2, 0) is 4.89 Å². The van der Waals surface area contributed by atoms with Crippen LogP contribution >= 0.6 is 0 Å². The Balaban J connectivity index is 2.69. The highest BCUT2D eigenvalue weighted by molar-refractivity contribution is 4.63. The fraction of sp³-hybridized carbons (Fsp3) is 0.889. The minimum Gasteiger partial charge on any atom is -0.252 e. The summed E-state index contributed by atoms with van der Waals surface area (Å²) < 4.78 is 0. The van der Waals surface area contributed by atoms with Gasteiger partial charge in [-0.25, -0.2) is 4.89 Å². The molecule has 0 aromatic carbocycles. The van der Waals surface area contributed by atoms with Crippen molar-refractivity contribution in [2.75, 3.05) is 6.61 Å². The van der Waals surface area contributed by atoms with Crippen LogP contribution in [0, 0.1) is 6.42 Å². The van der Waals surface area contributed by atoms with Crippen molar-refractivity contribution in [2.45, 2.75) is 45.4 Å². The molecule has 0 aliphatic heterocycles. The summed E-state index contributed by atoms with van der Waals surface area (Å²) in [5.41, 5.74) is 0. The molecule has 1 N–H and O–H groups in total. The molecule has 0 spiro atoms. The highest BCUT2D eigenvalue weighted by Crippen LogP contribution is 2.05. The van der Waals surface area contributed by atoms with Crippen LogP contribution in [0.5, 0.6) is 0 Å². The standard InChI is InChI=1S/C9H19O2/c1-2-3-4-5-6-7-8-9-11-10/h6,10H,2-5,7-9H2,1H3. The summed E-state index contributed by atoms with van der Waals surface area (Å²) in [5.74, 6) is 0. The van der Waals surface area contributed by atoms with E-state index in [0.717, 1.165) is 12.8 Å². The molecular formula is C9H19O2. The molecule has 0 aromatic rings. The van der Waals surface area contributed by atoms with E-state index in [1.807, 2.05) is 0 Å². The Hall–Kier alpha value is -0.0800. The molecule has 0 aromatic heterocycles. The van der Waals surface area contributed by atoms with Crippen LogP contribution < -0.4 is 0 Å². The molecule has 0 saturated carbocycles. The summed E-state index contributed by atoms with van der Waals surface area (Å²) in [6.45, 7) is 2.67. The maximum absolute atomic E-state index is 7.99. The fourth-order valence-electron chi connectivity index (χ4n) is 0.975. The van der Waals surface area contributed by atoms with Gasteiger partial charge >= 0.3 is 0 Å². The van der Waals surface area contributed by atoms with E-state index in [2.05, 4.69) is 18.2 Å². The second-order valence-corrected chi connectivity index (χ2v) is 2.76. The van der Waals surface area contributed by atoms with Crippen molar-refractivity contribution >= 4 is 0 Å². The molecule has 67 valence electrons. The lowest BCUT2D eigenvalue weighted by atomic mass is 10.1. The molecule has 2 heteroatoms. The Morgan fingerprint density at radius 1 is 1.18 bits per heavy atom. The first-order valence-corrected chi connectivity index (χ1v) is 4.49. The van der Waals surface area contributed by atoms with Gasteiger partial charge in [0.25, 0.3) is 0 Å². The first-order valence-electron chi connectivity index (χ1n) is 4.49. The van der Waals surface area contributed by atoms with Gasteiger partial charge in [-0.15, -0.1) is 0 Å². The van der Waals surface area contributed by atoms with E-state index in [9.17, 15) is 0 Å². The molecule has 0 heterocycles. The summed E-state index contributed by atoms with van der Waals surface area (Å²) >= 11 is 0. The minimum atomic E-state index is 0.463. The SMILES string of the molecule is CCCCC[CH]CCCOO. The molecule has 2 nitrogen and oxygen atoms in total. The first-order chi connectivity index (χ1) is 5.41. The van der Waals surface area contributed by atoms with Crippen molar-refractivity contribution in [1.29, 1.82) is 0 Å². The third-order valence-corrected chi connectivity index (χ3v) is 1.66. The molecule has 0 saturated heterocycles. The average Bonchev–Trinajstić information content (AvgIpc) is 2.03. The van der Waals surface area contributed by atoms with E-state index in [1.54, 1.807) is 0 Å². The molecule has 1 radical (unpaired) electrons. The van der Waals surface area contributed by atoms with Gasteiger partial charge in [-0.3, -0.25) is 5.26 Å². The minimum absolute atomic E-state index is 0.463. The van der Waals surface area contributed by atoms with Crippen LogP contribution in [-0.4, -0.2) is 11.9 Å². The number of unbranched alkanes of at least 4 members (excludes halogenated alkanes) is 6. The second-order valence-electron chi connectivity index (χ2n) is 2.76. The van der Waals surface area contributed by atoms with Gasteiger partial charge in [-0.05, 0) is 19.3 Å².